The lowest BCUT2D eigenvalue weighted by Crippen LogP contribution is -2.36. The molecule has 3 N–H and O–H groups in total. The number of fused-ring (bicyclic) bond motifs is 1. The average Bonchev–Trinajstić information content (AvgIpc) is 3.06. The molecule has 1 unspecified atom stereocenters. The third kappa shape index (κ3) is 3.46. The topological polar surface area (TPSA) is 113 Å². The largest absolute Gasteiger partial charge is 0.356 e. The van der Waals surface area contributed by atoms with Gasteiger partial charge in [0.2, 0.25) is 5.91 Å². The molecule has 1 aromatic heterocycles. The maximum Gasteiger partial charge on any atom is 0.322 e. The lowest BCUT2D eigenvalue weighted by atomic mass is 10.2. The zero-order chi connectivity index (χ0) is 16.4. The summed E-state index contributed by atoms with van der Waals surface area (Å²) in [6, 6.07) is -1.35. The Bertz CT molecular complexity index is 673. The number of rotatable bonds is 5. The second-order valence-electron chi connectivity index (χ2n) is 5.82. The first-order chi connectivity index (χ1) is 11.0. The predicted octanol–water partition coefficient (Wildman–Crippen LogP) is -0.469. The van der Waals surface area contributed by atoms with Crippen LogP contribution in [-0.2, 0) is 28.9 Å². The normalized spacial score (nSPS) is 19.3. The van der Waals surface area contributed by atoms with E-state index in [9.17, 15) is 14.4 Å². The molecule has 0 aromatic carbocycles. The van der Waals surface area contributed by atoms with Gasteiger partial charge in [-0.2, -0.15) is 0 Å². The fourth-order valence-electron chi connectivity index (χ4n) is 2.97. The van der Waals surface area contributed by atoms with Crippen LogP contribution in [0, 0.1) is 6.92 Å². The summed E-state index contributed by atoms with van der Waals surface area (Å²) in [5.74, 6) is -0.0247. The molecular formula is C15H19N5O3. The first-order valence-corrected chi connectivity index (χ1v) is 7.76. The zero-order valence-electron chi connectivity index (χ0n) is 12.9. The lowest BCUT2D eigenvalue weighted by Gasteiger charge is -2.09. The van der Waals surface area contributed by atoms with Gasteiger partial charge in [-0.3, -0.25) is 14.9 Å². The molecule has 0 bridgehead atoms. The highest BCUT2D eigenvalue weighted by atomic mass is 16.2. The third-order valence-corrected chi connectivity index (χ3v) is 4.11. The van der Waals surface area contributed by atoms with Crippen molar-refractivity contribution in [2.45, 2.75) is 45.1 Å². The Labute approximate surface area is 133 Å². The van der Waals surface area contributed by atoms with Crippen molar-refractivity contribution in [2.24, 2.45) is 0 Å². The maximum absolute atomic E-state index is 11.8. The molecule has 0 radical (unpaired) electrons. The van der Waals surface area contributed by atoms with Crippen molar-refractivity contribution in [3.63, 3.8) is 0 Å². The van der Waals surface area contributed by atoms with Crippen LogP contribution in [0.5, 0.6) is 0 Å². The Kier molecular flexibility index (Phi) is 4.22. The molecule has 1 saturated heterocycles. The fraction of sp³-hybridized carbons (Fsp3) is 0.533. The summed E-state index contributed by atoms with van der Waals surface area (Å²) in [6.07, 6.45) is 3.65. The number of amides is 4. The van der Waals surface area contributed by atoms with Gasteiger partial charge >= 0.3 is 6.03 Å². The average molecular weight is 317 g/mol. The number of nitrogens with zero attached hydrogens (tertiary/aromatic N) is 2. The van der Waals surface area contributed by atoms with Crippen LogP contribution in [0.4, 0.5) is 4.79 Å². The van der Waals surface area contributed by atoms with Gasteiger partial charge < -0.3 is 10.6 Å². The summed E-state index contributed by atoms with van der Waals surface area (Å²) >= 11 is 0. The van der Waals surface area contributed by atoms with Gasteiger partial charge in [0.1, 0.15) is 11.9 Å². The number of hydrogen-bond acceptors (Lipinski definition) is 5. The summed E-state index contributed by atoms with van der Waals surface area (Å²) in [7, 11) is 0. The summed E-state index contributed by atoms with van der Waals surface area (Å²) < 4.78 is 0. The molecule has 2 heterocycles. The molecule has 4 amide bonds. The van der Waals surface area contributed by atoms with Crippen LogP contribution in [0.3, 0.4) is 0 Å². The van der Waals surface area contributed by atoms with Crippen molar-refractivity contribution >= 4 is 17.8 Å². The maximum atomic E-state index is 11.8. The van der Waals surface area contributed by atoms with Gasteiger partial charge in [0.25, 0.3) is 5.91 Å². The van der Waals surface area contributed by atoms with Crippen molar-refractivity contribution in [3.05, 3.63) is 22.8 Å². The van der Waals surface area contributed by atoms with E-state index < -0.39 is 18.0 Å². The van der Waals surface area contributed by atoms with Crippen LogP contribution in [0.2, 0.25) is 0 Å². The summed E-state index contributed by atoms with van der Waals surface area (Å²) in [4.78, 5) is 43.2. The molecule has 1 fully saturated rings. The minimum Gasteiger partial charge on any atom is -0.356 e. The van der Waals surface area contributed by atoms with Gasteiger partial charge in [0, 0.05) is 24.4 Å². The molecule has 1 aliphatic carbocycles. The first-order valence-electron chi connectivity index (χ1n) is 7.76. The van der Waals surface area contributed by atoms with Crippen LogP contribution in [0.15, 0.2) is 0 Å². The first kappa shape index (κ1) is 15.4. The lowest BCUT2D eigenvalue weighted by molar-refractivity contribution is -0.126. The van der Waals surface area contributed by atoms with Gasteiger partial charge in [0.15, 0.2) is 0 Å². The van der Waals surface area contributed by atoms with E-state index in [2.05, 4.69) is 25.9 Å². The summed E-state index contributed by atoms with van der Waals surface area (Å²) in [5.41, 5.74) is 3.42. The van der Waals surface area contributed by atoms with Crippen LogP contribution in [0.1, 0.15) is 35.6 Å². The van der Waals surface area contributed by atoms with Gasteiger partial charge in [-0.25, -0.2) is 14.8 Å². The van der Waals surface area contributed by atoms with E-state index in [1.807, 2.05) is 6.92 Å². The second-order valence-corrected chi connectivity index (χ2v) is 5.82. The molecular weight excluding hydrogens is 298 g/mol. The minimum atomic E-state index is -0.791. The van der Waals surface area contributed by atoms with E-state index in [4.69, 9.17) is 0 Å². The van der Waals surface area contributed by atoms with Gasteiger partial charge in [-0.1, -0.05) is 0 Å². The molecule has 3 rings (SSSR count). The van der Waals surface area contributed by atoms with Crippen molar-refractivity contribution in [2.75, 3.05) is 6.54 Å². The van der Waals surface area contributed by atoms with Crippen molar-refractivity contribution in [1.29, 1.82) is 0 Å². The Balaban J connectivity index is 1.48. The highest BCUT2D eigenvalue weighted by Gasteiger charge is 2.31. The number of carbonyl (C=O) groups is 3. The van der Waals surface area contributed by atoms with Crippen LogP contribution in [0.25, 0.3) is 0 Å². The molecule has 0 spiro atoms. The number of aryl methyl sites for hydroxylation is 2. The molecule has 8 heteroatoms. The smallest absolute Gasteiger partial charge is 0.322 e. The van der Waals surface area contributed by atoms with Crippen LogP contribution >= 0.6 is 0 Å². The minimum absolute atomic E-state index is 0.0678. The second kappa shape index (κ2) is 6.31. The fourth-order valence-corrected chi connectivity index (χ4v) is 2.97. The van der Waals surface area contributed by atoms with E-state index >= 15 is 0 Å². The highest BCUT2D eigenvalue weighted by Crippen LogP contribution is 2.22. The molecule has 1 aliphatic heterocycles. The number of nitrogens with one attached hydrogen (secondary N) is 3. The van der Waals surface area contributed by atoms with E-state index in [1.54, 1.807) is 0 Å². The molecule has 2 aliphatic rings. The summed E-state index contributed by atoms with van der Waals surface area (Å²) in [5, 5.41) is 7.22. The quantitative estimate of drug-likeness (QED) is 0.636. The highest BCUT2D eigenvalue weighted by molar-refractivity contribution is 6.05. The standard InChI is InChI=1S/C15H19N5O3/c1-8-9-3-2-4-10(9)18-12(17-8)5-6-16-13(21)7-11-14(22)20-15(23)19-11/h11H,2-7H2,1H3,(H,16,21)(H2,19,20,22,23). The summed E-state index contributed by atoms with van der Waals surface area (Å²) in [6.45, 7) is 2.40. The van der Waals surface area contributed by atoms with Crippen LogP contribution < -0.4 is 16.0 Å². The van der Waals surface area contributed by atoms with Gasteiger partial charge in [0.05, 0.1) is 6.42 Å². The number of hydrogen-bond donors (Lipinski definition) is 3. The number of urea groups is 1. The van der Waals surface area contributed by atoms with E-state index in [1.165, 1.54) is 5.56 Å². The van der Waals surface area contributed by atoms with Crippen LogP contribution in [-0.4, -0.2) is 40.4 Å². The zero-order valence-corrected chi connectivity index (χ0v) is 12.9. The molecule has 0 saturated carbocycles. The van der Waals surface area contributed by atoms with Gasteiger partial charge in [-0.15, -0.1) is 0 Å². The van der Waals surface area contributed by atoms with E-state index in [0.717, 1.165) is 36.5 Å². The van der Waals surface area contributed by atoms with Crippen molar-refractivity contribution < 1.29 is 14.4 Å². The van der Waals surface area contributed by atoms with Gasteiger partial charge in [-0.05, 0) is 31.7 Å². The third-order valence-electron chi connectivity index (χ3n) is 4.11. The Hall–Kier alpha value is -2.51. The molecule has 8 nitrogen and oxygen atoms in total. The predicted molar refractivity (Wildman–Crippen MR) is 80.6 cm³/mol. The SMILES string of the molecule is Cc1nc(CCNC(=O)CC2NC(=O)NC2=O)nc2c1CCC2. The van der Waals surface area contributed by atoms with Crippen molar-refractivity contribution in [3.8, 4) is 0 Å². The Morgan fingerprint density at radius 2 is 2.13 bits per heavy atom. The number of aromatic nitrogens is 2. The van der Waals surface area contributed by atoms with Crippen molar-refractivity contribution in [1.82, 2.24) is 25.9 Å². The molecule has 1 atom stereocenters. The Morgan fingerprint density at radius 1 is 1.30 bits per heavy atom. The van der Waals surface area contributed by atoms with E-state index in [0.29, 0.717) is 13.0 Å². The number of carbonyl (C=O) groups excluding carboxylic acids is 3. The monoisotopic (exact) mass is 317 g/mol. The molecule has 122 valence electrons. The Morgan fingerprint density at radius 3 is 2.87 bits per heavy atom. The van der Waals surface area contributed by atoms with E-state index in [-0.39, 0.29) is 12.3 Å². The molecule has 23 heavy (non-hydrogen) atoms. The number of imide groups is 1. The molecule has 1 aromatic rings.